The molecular weight excluding hydrogens is 493 g/mol. The number of alkyl halides is 3. The van der Waals surface area contributed by atoms with Crippen molar-refractivity contribution in [1.29, 1.82) is 0 Å². The average Bonchev–Trinajstić information content (AvgIpc) is 2.85. The van der Waals surface area contributed by atoms with Crippen LogP contribution >= 0.6 is 0 Å². The van der Waals surface area contributed by atoms with E-state index in [0.717, 1.165) is 21.0 Å². The van der Waals surface area contributed by atoms with Crippen molar-refractivity contribution in [1.82, 2.24) is 4.57 Å². The summed E-state index contributed by atoms with van der Waals surface area (Å²) in [6.07, 6.45) is -3.35. The zero-order valence-corrected chi connectivity index (χ0v) is 21.9. The van der Waals surface area contributed by atoms with E-state index in [-0.39, 0.29) is 28.6 Å². The lowest BCUT2D eigenvalue weighted by Crippen LogP contribution is -2.66. The molecule has 8 heteroatoms. The molecule has 4 nitrogen and oxygen atoms in total. The lowest BCUT2D eigenvalue weighted by Gasteiger charge is -2.43. The third kappa shape index (κ3) is 5.12. The molecule has 0 saturated carbocycles. The third-order valence-corrected chi connectivity index (χ3v) is 11.5. The summed E-state index contributed by atoms with van der Waals surface area (Å²) in [5, 5.41) is 1.77. The smallest absolute Gasteiger partial charge is 0.403 e. The second-order valence-electron chi connectivity index (χ2n) is 9.93. The fraction of sp³-hybridized carbons (Fsp3) is 0.207. The summed E-state index contributed by atoms with van der Waals surface area (Å²) in [5.41, 5.74) is 4.02. The first-order chi connectivity index (χ1) is 17.4. The summed E-state index contributed by atoms with van der Waals surface area (Å²) in [4.78, 5) is 13.5. The molecule has 192 valence electrons. The fourth-order valence-electron chi connectivity index (χ4n) is 4.78. The molecule has 3 aromatic carbocycles. The molecule has 2 N–H and O–H groups in total. The molecule has 0 spiro atoms. The van der Waals surface area contributed by atoms with E-state index in [1.807, 2.05) is 60.7 Å². The molecular formula is C29H29F3N2O2Si. The van der Waals surface area contributed by atoms with Crippen LogP contribution in [-0.2, 0) is 17.2 Å². The Hall–Kier alpha value is -3.62. The van der Waals surface area contributed by atoms with E-state index < -0.39 is 25.6 Å². The Morgan fingerprint density at radius 3 is 1.92 bits per heavy atom. The van der Waals surface area contributed by atoms with E-state index in [2.05, 4.69) is 20.8 Å². The summed E-state index contributed by atoms with van der Waals surface area (Å²) < 4.78 is 49.1. The second-order valence-corrected chi connectivity index (χ2v) is 14.2. The van der Waals surface area contributed by atoms with Crippen LogP contribution in [0.4, 0.5) is 18.9 Å². The highest BCUT2D eigenvalue weighted by molar-refractivity contribution is 6.99. The number of benzene rings is 3. The van der Waals surface area contributed by atoms with Gasteiger partial charge in [-0.05, 0) is 45.7 Å². The highest BCUT2D eigenvalue weighted by Gasteiger charge is 2.50. The van der Waals surface area contributed by atoms with Crippen molar-refractivity contribution in [3.63, 3.8) is 0 Å². The Labute approximate surface area is 215 Å². The van der Waals surface area contributed by atoms with Crippen molar-refractivity contribution in [2.45, 2.75) is 38.6 Å². The third-order valence-electron chi connectivity index (χ3n) is 6.47. The summed E-state index contributed by atoms with van der Waals surface area (Å²) in [5.74, 6) is 0. The van der Waals surface area contributed by atoms with Gasteiger partial charge >= 0.3 is 6.18 Å². The van der Waals surface area contributed by atoms with Crippen molar-refractivity contribution in [2.75, 3.05) is 5.73 Å². The normalized spacial score (nSPS) is 12.5. The highest BCUT2D eigenvalue weighted by atomic mass is 28.4. The summed E-state index contributed by atoms with van der Waals surface area (Å²) in [6.45, 7) is 6.30. The van der Waals surface area contributed by atoms with Crippen molar-refractivity contribution in [3.05, 3.63) is 119 Å². The largest absolute Gasteiger partial charge is 0.418 e. The van der Waals surface area contributed by atoms with Gasteiger partial charge in [-0.1, -0.05) is 81.4 Å². The van der Waals surface area contributed by atoms with Gasteiger partial charge in [0.2, 0.25) is 0 Å². The van der Waals surface area contributed by atoms with Crippen LogP contribution in [0.5, 0.6) is 0 Å². The van der Waals surface area contributed by atoms with E-state index in [4.69, 9.17) is 10.2 Å². The van der Waals surface area contributed by atoms with E-state index in [1.165, 1.54) is 18.3 Å². The van der Waals surface area contributed by atoms with Crippen LogP contribution in [-0.4, -0.2) is 12.9 Å². The van der Waals surface area contributed by atoms with Gasteiger partial charge in [0, 0.05) is 17.4 Å². The minimum atomic E-state index is -4.68. The van der Waals surface area contributed by atoms with Crippen molar-refractivity contribution >= 4 is 24.4 Å². The van der Waals surface area contributed by atoms with Gasteiger partial charge in [0.25, 0.3) is 13.9 Å². The van der Waals surface area contributed by atoms with Gasteiger partial charge < -0.3 is 10.2 Å². The van der Waals surface area contributed by atoms with Crippen molar-refractivity contribution in [2.24, 2.45) is 0 Å². The van der Waals surface area contributed by atoms with Crippen LogP contribution < -0.4 is 21.7 Å². The Balaban J connectivity index is 1.82. The minimum Gasteiger partial charge on any atom is -0.403 e. The molecule has 0 atom stereocenters. The lowest BCUT2D eigenvalue weighted by atomic mass is 10.1. The number of pyridine rings is 1. The summed E-state index contributed by atoms with van der Waals surface area (Å²) in [6, 6.07) is 26.5. The van der Waals surface area contributed by atoms with Crippen LogP contribution in [0.2, 0.25) is 5.04 Å². The quantitative estimate of drug-likeness (QED) is 0.268. The van der Waals surface area contributed by atoms with Gasteiger partial charge in [0.05, 0.1) is 17.9 Å². The topological polar surface area (TPSA) is 57.2 Å². The number of nitrogen functional groups attached to an aromatic ring is 1. The van der Waals surface area contributed by atoms with Gasteiger partial charge in [-0.2, -0.15) is 13.2 Å². The monoisotopic (exact) mass is 522 g/mol. The van der Waals surface area contributed by atoms with Gasteiger partial charge in [0.15, 0.2) is 0 Å². The number of nitrogens with zero attached hydrogens (tertiary/aromatic N) is 1. The highest BCUT2D eigenvalue weighted by Crippen LogP contribution is 2.37. The molecule has 0 aliphatic heterocycles. The molecule has 1 aromatic heterocycles. The molecule has 1 heterocycles. The predicted octanol–water partition coefficient (Wildman–Crippen LogP) is 5.52. The molecule has 0 aliphatic carbocycles. The molecule has 0 amide bonds. The Morgan fingerprint density at radius 2 is 1.41 bits per heavy atom. The Kier molecular flexibility index (Phi) is 7.17. The summed E-state index contributed by atoms with van der Waals surface area (Å²) in [7, 11) is -2.94. The minimum absolute atomic E-state index is 0.0321. The van der Waals surface area contributed by atoms with Crippen molar-refractivity contribution in [3.8, 4) is 5.69 Å². The Bertz CT molecular complexity index is 1390. The predicted molar refractivity (Wildman–Crippen MR) is 144 cm³/mol. The van der Waals surface area contributed by atoms with Gasteiger partial charge in [0.1, 0.15) is 0 Å². The van der Waals surface area contributed by atoms with Crippen LogP contribution in [0.15, 0.2) is 102 Å². The molecule has 4 aromatic rings. The zero-order valence-electron chi connectivity index (χ0n) is 20.9. The molecule has 0 fully saturated rings. The number of halogens is 3. The van der Waals surface area contributed by atoms with E-state index in [1.54, 1.807) is 12.1 Å². The maximum atomic E-state index is 13.8. The van der Waals surface area contributed by atoms with Gasteiger partial charge in [-0.3, -0.25) is 9.36 Å². The second kappa shape index (κ2) is 10.0. The molecule has 0 saturated heterocycles. The van der Waals surface area contributed by atoms with Gasteiger partial charge in [-0.15, -0.1) is 0 Å². The van der Waals surface area contributed by atoms with E-state index >= 15 is 0 Å². The maximum Gasteiger partial charge on any atom is 0.418 e. The molecule has 0 bridgehead atoms. The first kappa shape index (κ1) is 26.4. The van der Waals surface area contributed by atoms with Gasteiger partial charge in [-0.25, -0.2) is 0 Å². The van der Waals surface area contributed by atoms with Crippen LogP contribution in [0, 0.1) is 0 Å². The Morgan fingerprint density at radius 1 is 0.838 bits per heavy atom. The van der Waals surface area contributed by atoms with Crippen molar-refractivity contribution < 1.29 is 17.6 Å². The number of hydrogen-bond acceptors (Lipinski definition) is 3. The number of rotatable bonds is 6. The maximum absolute atomic E-state index is 13.8. The molecule has 0 radical (unpaired) electrons. The van der Waals surface area contributed by atoms with Crippen LogP contribution in [0.3, 0.4) is 0 Å². The molecule has 0 aliphatic rings. The average molecular weight is 523 g/mol. The SMILES string of the molecule is CC(C)(C)[Si](OCc1cccn(-c2ccc(N)cc2C(F)(F)F)c1=O)(c1ccccc1)c1ccccc1. The summed E-state index contributed by atoms with van der Waals surface area (Å²) >= 11 is 0. The number of anilines is 1. The van der Waals surface area contributed by atoms with Crippen LogP contribution in [0.1, 0.15) is 31.9 Å². The fourth-order valence-corrected chi connectivity index (χ4v) is 9.30. The zero-order chi connectivity index (χ0) is 26.8. The number of nitrogens with two attached hydrogens (primary N) is 1. The van der Waals surface area contributed by atoms with Crippen LogP contribution in [0.25, 0.3) is 5.69 Å². The molecule has 37 heavy (non-hydrogen) atoms. The van der Waals surface area contributed by atoms with E-state index in [9.17, 15) is 18.0 Å². The first-order valence-electron chi connectivity index (χ1n) is 11.9. The number of hydrogen-bond donors (Lipinski definition) is 1. The molecule has 4 rings (SSSR count). The lowest BCUT2D eigenvalue weighted by molar-refractivity contribution is -0.137. The molecule has 0 unspecified atom stereocenters. The van der Waals surface area contributed by atoms with E-state index in [0.29, 0.717) is 0 Å². The first-order valence-corrected chi connectivity index (χ1v) is 13.8. The number of aromatic nitrogens is 1. The standard InChI is InChI=1S/C29H29F3N2O2Si/c1-28(2,3)37(23-12-6-4-7-13-23,24-14-8-5-9-15-24)36-20-21-11-10-18-34(27(21)35)26-17-16-22(33)19-25(26)29(30,31)32/h4-19H,20,33H2,1-3H3.